The minimum atomic E-state index is -0.989. The summed E-state index contributed by atoms with van der Waals surface area (Å²) in [5.41, 5.74) is 4.59. The molecule has 4 nitrogen and oxygen atoms in total. The molecule has 0 aliphatic heterocycles. The lowest BCUT2D eigenvalue weighted by Gasteiger charge is -2.35. The second kappa shape index (κ2) is 12.4. The summed E-state index contributed by atoms with van der Waals surface area (Å²) in [5, 5.41) is 19.0. The summed E-state index contributed by atoms with van der Waals surface area (Å²) in [6.45, 7) is 0. The maximum absolute atomic E-state index is 12.0. The SMILES string of the molecule is O=C(O)c1ccc(CC(CCCSC(c2ccccc2)(c2ccccc2)c2ccccc2)C(=O)O)cc1. The molecule has 4 rings (SSSR count). The van der Waals surface area contributed by atoms with Crippen molar-refractivity contribution in [2.75, 3.05) is 5.75 Å². The first-order valence-electron chi connectivity index (χ1n) is 12.4. The third kappa shape index (κ3) is 6.30. The molecule has 1 unspecified atom stereocenters. The summed E-state index contributed by atoms with van der Waals surface area (Å²) in [6, 6.07) is 37.9. The van der Waals surface area contributed by atoms with Crippen molar-refractivity contribution >= 4 is 23.7 Å². The zero-order valence-electron chi connectivity index (χ0n) is 20.5. The van der Waals surface area contributed by atoms with Gasteiger partial charge in [0.2, 0.25) is 0 Å². The number of aliphatic carboxylic acids is 1. The standard InChI is InChI=1S/C32H30O4S/c33-30(34)25-20-18-24(19-21-25)23-26(31(35)36)11-10-22-37-32(27-12-4-1-5-13-27,28-14-6-2-7-15-28)29-16-8-3-9-17-29/h1-9,12-21,26H,10-11,22-23H2,(H,33,34)(H,35,36). The molecule has 0 spiro atoms. The van der Waals surface area contributed by atoms with Crippen LogP contribution in [0.1, 0.15) is 45.5 Å². The topological polar surface area (TPSA) is 74.6 Å². The van der Waals surface area contributed by atoms with Crippen molar-refractivity contribution in [3.63, 3.8) is 0 Å². The minimum absolute atomic E-state index is 0.200. The lowest BCUT2D eigenvalue weighted by atomic mass is 9.84. The third-order valence-electron chi connectivity index (χ3n) is 6.59. The van der Waals surface area contributed by atoms with Crippen LogP contribution in [0.5, 0.6) is 0 Å². The van der Waals surface area contributed by atoms with E-state index in [9.17, 15) is 14.7 Å². The van der Waals surface area contributed by atoms with E-state index in [-0.39, 0.29) is 5.56 Å². The lowest BCUT2D eigenvalue weighted by molar-refractivity contribution is -0.141. The van der Waals surface area contributed by atoms with E-state index in [1.807, 2.05) is 30.0 Å². The van der Waals surface area contributed by atoms with Crippen molar-refractivity contribution < 1.29 is 19.8 Å². The van der Waals surface area contributed by atoms with E-state index in [1.54, 1.807) is 12.1 Å². The van der Waals surface area contributed by atoms with Gasteiger partial charge in [-0.2, -0.15) is 0 Å². The summed E-state index contributed by atoms with van der Waals surface area (Å²) < 4.78 is -0.421. The van der Waals surface area contributed by atoms with Gasteiger partial charge < -0.3 is 10.2 Å². The number of carbonyl (C=O) groups is 2. The van der Waals surface area contributed by atoms with Crippen LogP contribution < -0.4 is 0 Å². The van der Waals surface area contributed by atoms with E-state index in [0.717, 1.165) is 17.7 Å². The van der Waals surface area contributed by atoms with Gasteiger partial charge in [-0.15, -0.1) is 11.8 Å². The second-order valence-electron chi connectivity index (χ2n) is 9.01. The molecule has 0 saturated heterocycles. The Kier molecular flexibility index (Phi) is 8.81. The fourth-order valence-corrected chi connectivity index (χ4v) is 6.23. The average molecular weight is 511 g/mol. The molecule has 2 N–H and O–H groups in total. The van der Waals surface area contributed by atoms with E-state index in [0.29, 0.717) is 12.8 Å². The van der Waals surface area contributed by atoms with Crippen LogP contribution in [0.3, 0.4) is 0 Å². The van der Waals surface area contributed by atoms with Crippen LogP contribution in [0.2, 0.25) is 0 Å². The molecule has 0 amide bonds. The van der Waals surface area contributed by atoms with E-state index in [4.69, 9.17) is 5.11 Å². The number of aromatic carboxylic acids is 1. The van der Waals surface area contributed by atoms with Crippen molar-refractivity contribution in [3.05, 3.63) is 143 Å². The molecule has 1 atom stereocenters. The molecule has 0 radical (unpaired) electrons. The molecule has 4 aromatic rings. The summed E-state index contributed by atoms with van der Waals surface area (Å²) in [6.07, 6.45) is 1.65. The molecule has 188 valence electrons. The molecule has 0 aliphatic rings. The number of thioether (sulfide) groups is 1. The minimum Gasteiger partial charge on any atom is -0.481 e. The van der Waals surface area contributed by atoms with Gasteiger partial charge in [0.1, 0.15) is 0 Å². The van der Waals surface area contributed by atoms with Crippen LogP contribution in [0, 0.1) is 5.92 Å². The van der Waals surface area contributed by atoms with Crippen molar-refractivity contribution in [2.45, 2.75) is 24.0 Å². The number of carboxylic acids is 2. The van der Waals surface area contributed by atoms with E-state index in [1.165, 1.54) is 28.8 Å². The van der Waals surface area contributed by atoms with Crippen LogP contribution in [0.15, 0.2) is 115 Å². The Morgan fingerprint density at radius 2 is 1.14 bits per heavy atom. The predicted molar refractivity (Wildman–Crippen MR) is 149 cm³/mol. The van der Waals surface area contributed by atoms with Gasteiger partial charge in [0.25, 0.3) is 0 Å². The first-order valence-corrected chi connectivity index (χ1v) is 13.3. The molecule has 0 bridgehead atoms. The zero-order chi connectivity index (χ0) is 26.1. The van der Waals surface area contributed by atoms with Gasteiger partial charge in [0.15, 0.2) is 0 Å². The molecule has 0 aliphatic carbocycles. The first-order chi connectivity index (χ1) is 18.0. The Morgan fingerprint density at radius 3 is 1.54 bits per heavy atom. The summed E-state index contributed by atoms with van der Waals surface area (Å²) in [4.78, 5) is 23.1. The maximum atomic E-state index is 12.0. The fourth-order valence-electron chi connectivity index (χ4n) is 4.70. The van der Waals surface area contributed by atoms with Gasteiger partial charge in [-0.05, 0) is 59.4 Å². The van der Waals surface area contributed by atoms with Crippen molar-refractivity contribution in [1.29, 1.82) is 0 Å². The maximum Gasteiger partial charge on any atom is 0.335 e. The number of hydrogen-bond donors (Lipinski definition) is 2. The molecule has 0 heterocycles. The molecule has 0 aromatic heterocycles. The van der Waals surface area contributed by atoms with E-state index >= 15 is 0 Å². The monoisotopic (exact) mass is 510 g/mol. The van der Waals surface area contributed by atoms with Crippen molar-refractivity contribution in [2.24, 2.45) is 5.92 Å². The fraction of sp³-hybridized carbons (Fsp3) is 0.188. The van der Waals surface area contributed by atoms with Crippen LogP contribution in [0.25, 0.3) is 0 Å². The molecule has 5 heteroatoms. The molecule has 0 saturated carbocycles. The Morgan fingerprint density at radius 1 is 0.676 bits per heavy atom. The molecular weight excluding hydrogens is 480 g/mol. The highest BCUT2D eigenvalue weighted by Crippen LogP contribution is 2.48. The Labute approximate surface area is 222 Å². The third-order valence-corrected chi connectivity index (χ3v) is 8.22. The first kappa shape index (κ1) is 26.2. The molecule has 4 aromatic carbocycles. The number of benzene rings is 4. The van der Waals surface area contributed by atoms with Crippen molar-refractivity contribution in [1.82, 2.24) is 0 Å². The zero-order valence-corrected chi connectivity index (χ0v) is 21.3. The van der Waals surface area contributed by atoms with Gasteiger partial charge in [0.05, 0.1) is 16.2 Å². The highest BCUT2D eigenvalue weighted by molar-refractivity contribution is 8.00. The smallest absolute Gasteiger partial charge is 0.335 e. The number of hydrogen-bond acceptors (Lipinski definition) is 3. The summed E-state index contributed by atoms with van der Waals surface area (Å²) in [7, 11) is 0. The van der Waals surface area contributed by atoms with Gasteiger partial charge >= 0.3 is 11.9 Å². The molecule has 37 heavy (non-hydrogen) atoms. The van der Waals surface area contributed by atoms with Gasteiger partial charge in [0, 0.05) is 0 Å². The number of carboxylic acid groups (broad SMARTS) is 2. The van der Waals surface area contributed by atoms with Gasteiger partial charge in [-0.3, -0.25) is 4.79 Å². The number of rotatable bonds is 12. The second-order valence-corrected chi connectivity index (χ2v) is 10.3. The Balaban J connectivity index is 1.54. The summed E-state index contributed by atoms with van der Waals surface area (Å²) in [5.74, 6) is -1.57. The van der Waals surface area contributed by atoms with Crippen LogP contribution >= 0.6 is 11.8 Å². The Bertz CT molecular complexity index is 1190. The predicted octanol–water partition coefficient (Wildman–Crippen LogP) is 7.13. The van der Waals surface area contributed by atoms with Gasteiger partial charge in [-0.25, -0.2) is 4.79 Å². The van der Waals surface area contributed by atoms with Crippen LogP contribution in [-0.4, -0.2) is 27.9 Å². The summed E-state index contributed by atoms with van der Waals surface area (Å²) >= 11 is 1.84. The normalized spacial score (nSPS) is 12.1. The van der Waals surface area contributed by atoms with Crippen LogP contribution in [-0.2, 0) is 16.0 Å². The highest BCUT2D eigenvalue weighted by Gasteiger charge is 2.36. The highest BCUT2D eigenvalue weighted by atomic mass is 32.2. The molecular formula is C32H30O4S. The largest absolute Gasteiger partial charge is 0.481 e. The molecule has 0 fully saturated rings. The van der Waals surface area contributed by atoms with Gasteiger partial charge in [-0.1, -0.05) is 103 Å². The quantitative estimate of drug-likeness (QED) is 0.157. The van der Waals surface area contributed by atoms with E-state index in [2.05, 4.69) is 72.8 Å². The Hall–Kier alpha value is -3.83. The van der Waals surface area contributed by atoms with Crippen molar-refractivity contribution in [3.8, 4) is 0 Å². The average Bonchev–Trinajstić information content (AvgIpc) is 2.94. The lowest BCUT2D eigenvalue weighted by Crippen LogP contribution is -2.26. The van der Waals surface area contributed by atoms with Crippen LogP contribution in [0.4, 0.5) is 0 Å². The van der Waals surface area contributed by atoms with E-state index < -0.39 is 22.6 Å².